The summed E-state index contributed by atoms with van der Waals surface area (Å²) in [6.45, 7) is 2.07. The maximum Gasteiger partial charge on any atom is 0.257 e. The summed E-state index contributed by atoms with van der Waals surface area (Å²) in [6.07, 6.45) is 0. The highest BCUT2D eigenvalue weighted by molar-refractivity contribution is 5.95. The molecule has 18 heavy (non-hydrogen) atoms. The lowest BCUT2D eigenvalue weighted by Crippen LogP contribution is -2.89. The topological polar surface area (TPSA) is 60.0 Å². The summed E-state index contributed by atoms with van der Waals surface area (Å²) in [5, 5.41) is 13.0. The second-order valence-corrected chi connectivity index (χ2v) is 4.02. The summed E-state index contributed by atoms with van der Waals surface area (Å²) in [4.78, 5) is 13.2. The van der Waals surface area contributed by atoms with Crippen molar-refractivity contribution in [3.8, 4) is 5.75 Å². The number of piperazine rings is 1. The van der Waals surface area contributed by atoms with E-state index in [-0.39, 0.29) is 0 Å². The third-order valence-corrected chi connectivity index (χ3v) is 2.84. The number of carbonyl (C=O) groups is 1. The van der Waals surface area contributed by atoms with Gasteiger partial charge in [0.15, 0.2) is 11.6 Å². The molecule has 1 fully saturated rings. The van der Waals surface area contributed by atoms with Crippen LogP contribution in [0.4, 0.5) is 13.2 Å². The zero-order chi connectivity index (χ0) is 13.3. The van der Waals surface area contributed by atoms with E-state index in [1.807, 2.05) is 5.32 Å². The van der Waals surface area contributed by atoms with Gasteiger partial charge in [0.05, 0.1) is 31.7 Å². The first kappa shape index (κ1) is 12.7. The molecule has 1 aliphatic heterocycles. The van der Waals surface area contributed by atoms with Crippen LogP contribution in [0.25, 0.3) is 0 Å². The highest BCUT2D eigenvalue weighted by Crippen LogP contribution is 2.24. The van der Waals surface area contributed by atoms with Crippen molar-refractivity contribution in [2.75, 3.05) is 26.2 Å². The van der Waals surface area contributed by atoms with Crippen LogP contribution in [0.15, 0.2) is 6.07 Å². The largest absolute Gasteiger partial charge is 0.868 e. The Morgan fingerprint density at radius 1 is 1.22 bits per heavy atom. The van der Waals surface area contributed by atoms with Crippen molar-refractivity contribution in [3.05, 3.63) is 29.1 Å². The van der Waals surface area contributed by atoms with Gasteiger partial charge in [-0.2, -0.15) is 0 Å². The zero-order valence-electron chi connectivity index (χ0n) is 9.38. The fourth-order valence-corrected chi connectivity index (χ4v) is 1.86. The SMILES string of the molecule is O=C(c1cc(F)c(F)c([O-])c1F)N1CC[NH2+]CC1. The van der Waals surface area contributed by atoms with Crippen molar-refractivity contribution < 1.29 is 28.4 Å². The first-order valence-corrected chi connectivity index (χ1v) is 5.48. The van der Waals surface area contributed by atoms with Crippen molar-refractivity contribution in [1.82, 2.24) is 4.90 Å². The van der Waals surface area contributed by atoms with Gasteiger partial charge < -0.3 is 15.3 Å². The molecule has 1 aliphatic rings. The summed E-state index contributed by atoms with van der Waals surface area (Å²) in [7, 11) is 0. The molecular formula is C11H11F3N2O2. The molecule has 0 saturated carbocycles. The van der Waals surface area contributed by atoms with Crippen molar-refractivity contribution in [3.63, 3.8) is 0 Å². The number of nitrogens with two attached hydrogens (primary N) is 1. The smallest absolute Gasteiger partial charge is 0.257 e. The Labute approximate surface area is 101 Å². The van der Waals surface area contributed by atoms with Gasteiger partial charge >= 0.3 is 0 Å². The molecule has 0 aliphatic carbocycles. The van der Waals surface area contributed by atoms with Crippen LogP contribution in [-0.4, -0.2) is 37.0 Å². The summed E-state index contributed by atoms with van der Waals surface area (Å²) in [5.74, 6) is -7.32. The Kier molecular flexibility index (Phi) is 3.42. The number of hydrogen-bond donors (Lipinski definition) is 1. The second-order valence-electron chi connectivity index (χ2n) is 4.02. The first-order chi connectivity index (χ1) is 8.52. The summed E-state index contributed by atoms with van der Waals surface area (Å²) in [6, 6.07) is 0.437. The van der Waals surface area contributed by atoms with Crippen LogP contribution in [0.2, 0.25) is 0 Å². The lowest BCUT2D eigenvalue weighted by molar-refractivity contribution is -0.661. The van der Waals surface area contributed by atoms with E-state index < -0.39 is 34.7 Å². The molecule has 1 heterocycles. The monoisotopic (exact) mass is 260 g/mol. The molecule has 0 unspecified atom stereocenters. The average molecular weight is 260 g/mol. The standard InChI is InChI=1S/C11H11F3N2O2/c12-7-5-6(8(13)10(17)9(7)14)11(18)16-3-1-15-2-4-16/h5,15,17H,1-4H2. The second kappa shape index (κ2) is 4.85. The predicted octanol–water partition coefficient (Wildman–Crippen LogP) is -0.803. The lowest BCUT2D eigenvalue weighted by Gasteiger charge is -2.26. The summed E-state index contributed by atoms with van der Waals surface area (Å²) in [5.41, 5.74) is -0.708. The van der Waals surface area contributed by atoms with Gasteiger partial charge in [0.25, 0.3) is 5.91 Å². The minimum atomic E-state index is -1.80. The molecule has 1 aromatic rings. The zero-order valence-corrected chi connectivity index (χ0v) is 9.38. The lowest BCUT2D eigenvalue weighted by atomic mass is 10.1. The van der Waals surface area contributed by atoms with Crippen LogP contribution in [0.5, 0.6) is 5.75 Å². The molecule has 0 radical (unpaired) electrons. The van der Waals surface area contributed by atoms with Crippen LogP contribution in [0.3, 0.4) is 0 Å². The number of quaternary nitrogens is 1. The molecule has 1 aromatic carbocycles. The first-order valence-electron chi connectivity index (χ1n) is 5.48. The van der Waals surface area contributed by atoms with Gasteiger partial charge in [0.1, 0.15) is 5.82 Å². The van der Waals surface area contributed by atoms with E-state index >= 15 is 0 Å². The molecule has 2 rings (SSSR count). The molecule has 2 N–H and O–H groups in total. The molecule has 1 amide bonds. The van der Waals surface area contributed by atoms with Gasteiger partial charge in [-0.3, -0.25) is 4.79 Å². The minimum absolute atomic E-state index is 0.380. The molecule has 98 valence electrons. The van der Waals surface area contributed by atoms with E-state index in [1.165, 1.54) is 4.90 Å². The molecule has 0 aromatic heterocycles. The fraction of sp³-hybridized carbons (Fsp3) is 0.364. The Balaban J connectivity index is 2.35. The van der Waals surface area contributed by atoms with E-state index in [9.17, 15) is 23.1 Å². The number of carbonyl (C=O) groups excluding carboxylic acids is 1. The number of rotatable bonds is 1. The van der Waals surface area contributed by atoms with E-state index in [2.05, 4.69) is 0 Å². The van der Waals surface area contributed by atoms with Crippen LogP contribution in [0.1, 0.15) is 10.4 Å². The number of benzene rings is 1. The van der Waals surface area contributed by atoms with Crippen molar-refractivity contribution in [2.24, 2.45) is 0 Å². The van der Waals surface area contributed by atoms with Gasteiger partial charge in [-0.05, 0) is 11.8 Å². The molecule has 1 saturated heterocycles. The molecular weight excluding hydrogens is 249 g/mol. The van der Waals surface area contributed by atoms with Crippen molar-refractivity contribution in [1.29, 1.82) is 0 Å². The quantitative estimate of drug-likeness (QED) is 0.672. The van der Waals surface area contributed by atoms with Crippen molar-refractivity contribution >= 4 is 5.91 Å². The Morgan fingerprint density at radius 3 is 2.44 bits per heavy atom. The number of amides is 1. The van der Waals surface area contributed by atoms with E-state index in [0.717, 1.165) is 0 Å². The molecule has 0 atom stereocenters. The van der Waals surface area contributed by atoms with Crippen LogP contribution >= 0.6 is 0 Å². The van der Waals surface area contributed by atoms with Crippen LogP contribution < -0.4 is 10.4 Å². The average Bonchev–Trinajstić information content (AvgIpc) is 2.41. The normalized spacial score (nSPS) is 15.8. The molecule has 0 spiro atoms. The molecule has 7 heteroatoms. The number of hydrogen-bond acceptors (Lipinski definition) is 2. The van der Waals surface area contributed by atoms with E-state index in [0.29, 0.717) is 32.2 Å². The van der Waals surface area contributed by atoms with Gasteiger partial charge in [-0.1, -0.05) is 0 Å². The maximum absolute atomic E-state index is 13.5. The molecule has 0 bridgehead atoms. The fourth-order valence-electron chi connectivity index (χ4n) is 1.86. The minimum Gasteiger partial charge on any atom is -0.868 e. The van der Waals surface area contributed by atoms with E-state index in [4.69, 9.17) is 0 Å². The number of halogens is 3. The van der Waals surface area contributed by atoms with Gasteiger partial charge in [-0.15, -0.1) is 0 Å². The third kappa shape index (κ3) is 2.13. The maximum atomic E-state index is 13.5. The Morgan fingerprint density at radius 2 is 1.83 bits per heavy atom. The molecule has 4 nitrogen and oxygen atoms in total. The third-order valence-electron chi connectivity index (χ3n) is 2.84. The Bertz CT molecular complexity index is 488. The number of nitrogens with zero attached hydrogens (tertiary/aromatic N) is 1. The van der Waals surface area contributed by atoms with Crippen LogP contribution in [0, 0.1) is 17.5 Å². The highest BCUT2D eigenvalue weighted by atomic mass is 19.2. The summed E-state index contributed by atoms with van der Waals surface area (Å²) < 4.78 is 39.3. The Hall–Kier alpha value is -1.76. The highest BCUT2D eigenvalue weighted by Gasteiger charge is 2.24. The summed E-state index contributed by atoms with van der Waals surface area (Å²) >= 11 is 0. The predicted molar refractivity (Wildman–Crippen MR) is 53.3 cm³/mol. The van der Waals surface area contributed by atoms with E-state index in [1.54, 1.807) is 0 Å². The van der Waals surface area contributed by atoms with Gasteiger partial charge in [0, 0.05) is 0 Å². The van der Waals surface area contributed by atoms with Gasteiger partial charge in [0.2, 0.25) is 0 Å². The van der Waals surface area contributed by atoms with Crippen molar-refractivity contribution in [2.45, 2.75) is 0 Å². The van der Waals surface area contributed by atoms with Gasteiger partial charge in [-0.25, -0.2) is 13.2 Å². The van der Waals surface area contributed by atoms with Crippen LogP contribution in [-0.2, 0) is 0 Å².